The van der Waals surface area contributed by atoms with Crippen molar-refractivity contribution >= 4 is 48.3 Å². The number of methoxy groups -OCH3 is 1. The summed E-state index contributed by atoms with van der Waals surface area (Å²) >= 11 is 1.20. The molecule has 0 bridgehead atoms. The lowest BCUT2D eigenvalue weighted by atomic mass is 10.1. The van der Waals surface area contributed by atoms with Crippen LogP contribution in [0.1, 0.15) is 18.4 Å². The van der Waals surface area contributed by atoms with E-state index in [0.717, 1.165) is 6.54 Å². The molecule has 0 unspecified atom stereocenters. The number of likely N-dealkylation sites (N-methyl/N-ethyl adjacent to an activating group) is 1. The number of nitrogens with one attached hydrogen (secondary N) is 1. The number of carbonyl (C=O) groups excluding carboxylic acids is 1. The average molecular weight is 592 g/mol. The molecule has 0 radical (unpaired) electrons. The summed E-state index contributed by atoms with van der Waals surface area (Å²) in [5.41, 5.74) is 0.986. The summed E-state index contributed by atoms with van der Waals surface area (Å²) in [6.45, 7) is 2.52. The highest BCUT2D eigenvalue weighted by atomic mass is 32.2. The van der Waals surface area contributed by atoms with Gasteiger partial charge in [0.2, 0.25) is 5.88 Å². The Morgan fingerprint density at radius 3 is 2.67 bits per heavy atom. The van der Waals surface area contributed by atoms with Crippen molar-refractivity contribution in [2.24, 2.45) is 5.16 Å². The van der Waals surface area contributed by atoms with Crippen LogP contribution in [-0.2, 0) is 28.9 Å². The third kappa shape index (κ3) is 8.17. The molecule has 14 heteroatoms. The van der Waals surface area contributed by atoms with Crippen LogP contribution in [0.15, 0.2) is 46.4 Å². The summed E-state index contributed by atoms with van der Waals surface area (Å²) in [4.78, 5) is 30.7. The van der Waals surface area contributed by atoms with Crippen molar-refractivity contribution in [2.45, 2.75) is 23.8 Å². The van der Waals surface area contributed by atoms with Crippen LogP contribution in [0.3, 0.4) is 0 Å². The largest absolute Gasteiger partial charge is 0.476 e. The molecule has 1 aromatic carbocycles. The first-order valence-corrected chi connectivity index (χ1v) is 15.2. The number of fused-ring (bicyclic) bond motifs is 1. The third-order valence-corrected chi connectivity index (χ3v) is 8.58. The van der Waals surface area contributed by atoms with Gasteiger partial charge in [-0.1, -0.05) is 28.6 Å². The fourth-order valence-corrected chi connectivity index (χ4v) is 5.81. The Hall–Kier alpha value is -3.17. The van der Waals surface area contributed by atoms with Crippen LogP contribution in [0, 0.1) is 0 Å². The molecule has 1 fully saturated rings. The van der Waals surface area contributed by atoms with Crippen molar-refractivity contribution in [2.75, 3.05) is 65.2 Å². The number of ether oxygens (including phenoxy) is 3. The van der Waals surface area contributed by atoms with Crippen LogP contribution in [0.5, 0.6) is 5.88 Å². The van der Waals surface area contributed by atoms with E-state index in [9.17, 15) is 13.2 Å². The molecular formula is C26H33N5O7S2. The maximum Gasteiger partial charge on any atom is 0.280 e. The molecule has 1 N–H and O–H groups in total. The van der Waals surface area contributed by atoms with Crippen LogP contribution in [0.4, 0.5) is 5.13 Å². The number of aromatic nitrogens is 2. The number of hydrogen-bond donors (Lipinski definition) is 1. The van der Waals surface area contributed by atoms with Gasteiger partial charge in [-0.25, -0.2) is 18.4 Å². The van der Waals surface area contributed by atoms with E-state index in [4.69, 9.17) is 19.0 Å². The number of pyridine rings is 1. The quantitative estimate of drug-likeness (QED) is 0.169. The van der Waals surface area contributed by atoms with Crippen LogP contribution in [-0.4, -0.2) is 101 Å². The van der Waals surface area contributed by atoms with Gasteiger partial charge in [0, 0.05) is 38.3 Å². The van der Waals surface area contributed by atoms with Crippen molar-refractivity contribution in [1.82, 2.24) is 14.9 Å². The Morgan fingerprint density at radius 2 is 1.98 bits per heavy atom. The van der Waals surface area contributed by atoms with Gasteiger partial charge in [-0.05, 0) is 38.7 Å². The number of rotatable bonds is 14. The number of hydrogen-bond acceptors (Lipinski definition) is 12. The molecule has 2 aromatic heterocycles. The van der Waals surface area contributed by atoms with Crippen molar-refractivity contribution in [3.8, 4) is 5.88 Å². The molecule has 1 amide bonds. The summed E-state index contributed by atoms with van der Waals surface area (Å²) < 4.78 is 41.2. The highest BCUT2D eigenvalue weighted by Crippen LogP contribution is 2.26. The molecule has 1 saturated heterocycles. The second kappa shape index (κ2) is 13.9. The predicted octanol–water partition coefficient (Wildman–Crippen LogP) is 2.59. The molecule has 0 saturated carbocycles. The van der Waals surface area contributed by atoms with E-state index in [1.165, 1.54) is 42.7 Å². The van der Waals surface area contributed by atoms with E-state index in [1.807, 2.05) is 19.0 Å². The van der Waals surface area contributed by atoms with Crippen molar-refractivity contribution in [3.05, 3.63) is 42.0 Å². The van der Waals surface area contributed by atoms with Crippen LogP contribution < -0.4 is 10.1 Å². The van der Waals surface area contributed by atoms with E-state index in [0.29, 0.717) is 66.2 Å². The Kier molecular flexibility index (Phi) is 10.4. The van der Waals surface area contributed by atoms with Crippen molar-refractivity contribution < 1.29 is 32.3 Å². The number of sulfone groups is 1. The number of amides is 1. The fourth-order valence-electron chi connectivity index (χ4n) is 3.70. The van der Waals surface area contributed by atoms with Gasteiger partial charge in [0.15, 0.2) is 26.8 Å². The lowest BCUT2D eigenvalue weighted by Crippen LogP contribution is -2.25. The van der Waals surface area contributed by atoms with E-state index in [2.05, 4.69) is 20.4 Å². The highest BCUT2D eigenvalue weighted by molar-refractivity contribution is 7.91. The summed E-state index contributed by atoms with van der Waals surface area (Å²) in [5, 5.41) is 7.23. The SMILES string of the molecule is COCCCS(=O)(=O)c1ccc(/C(=N\O[C@@H]2CCOC2)C(=O)Nc2nc3ccc(OCCN(C)C)nc3s2)cc1. The Balaban J connectivity index is 1.52. The van der Waals surface area contributed by atoms with Gasteiger partial charge in [-0.15, -0.1) is 0 Å². The van der Waals surface area contributed by atoms with Crippen molar-refractivity contribution in [3.63, 3.8) is 0 Å². The summed E-state index contributed by atoms with van der Waals surface area (Å²) in [6, 6.07) is 9.50. The van der Waals surface area contributed by atoms with Gasteiger partial charge in [0.05, 0.1) is 23.9 Å². The zero-order chi connectivity index (χ0) is 28.5. The second-order valence-corrected chi connectivity index (χ2v) is 12.4. The lowest BCUT2D eigenvalue weighted by Gasteiger charge is -2.10. The number of benzene rings is 1. The molecule has 1 aliphatic heterocycles. The number of oxime groups is 1. The second-order valence-electron chi connectivity index (χ2n) is 9.32. The van der Waals surface area contributed by atoms with Gasteiger partial charge in [0.1, 0.15) is 17.0 Å². The molecule has 12 nitrogen and oxygen atoms in total. The molecule has 1 aliphatic rings. The lowest BCUT2D eigenvalue weighted by molar-refractivity contribution is -0.110. The van der Waals surface area contributed by atoms with E-state index in [-0.39, 0.29) is 22.5 Å². The van der Waals surface area contributed by atoms with Crippen LogP contribution in [0.25, 0.3) is 10.3 Å². The third-order valence-electron chi connectivity index (χ3n) is 5.88. The standard InChI is InChI=1S/C26H33N5O7S2/c1-31(2)12-15-37-22-10-9-21-25(28-22)39-26(27-21)29-24(32)23(30-38-19-11-14-36-17-19)18-5-7-20(8-6-18)40(33,34)16-4-13-35-3/h5-10,19H,4,11-17H2,1-3H3,(H,27,29,32)/b30-23+/t19-/m1/s1. The van der Waals surface area contributed by atoms with Gasteiger partial charge in [-0.2, -0.15) is 0 Å². The first kappa shape index (κ1) is 29.8. The van der Waals surface area contributed by atoms with Gasteiger partial charge in [0.25, 0.3) is 5.91 Å². The first-order valence-electron chi connectivity index (χ1n) is 12.8. The minimum Gasteiger partial charge on any atom is -0.476 e. The maximum absolute atomic E-state index is 13.4. The Bertz CT molecular complexity index is 1420. The predicted molar refractivity (Wildman–Crippen MR) is 152 cm³/mol. The minimum absolute atomic E-state index is 0.0184. The smallest absolute Gasteiger partial charge is 0.280 e. The van der Waals surface area contributed by atoms with E-state index < -0.39 is 15.7 Å². The number of thiazole rings is 1. The first-order chi connectivity index (χ1) is 19.2. The highest BCUT2D eigenvalue weighted by Gasteiger charge is 2.22. The topological polar surface area (TPSA) is 142 Å². The molecule has 3 heterocycles. The summed E-state index contributed by atoms with van der Waals surface area (Å²) in [7, 11) is 1.95. The Labute approximate surface area is 237 Å². The monoisotopic (exact) mass is 591 g/mol. The molecular weight excluding hydrogens is 558 g/mol. The van der Waals surface area contributed by atoms with Crippen LogP contribution in [0.2, 0.25) is 0 Å². The minimum atomic E-state index is -3.49. The number of anilines is 1. The average Bonchev–Trinajstić information content (AvgIpc) is 3.58. The molecule has 0 aliphatic carbocycles. The molecule has 3 aromatic rings. The van der Waals surface area contributed by atoms with Gasteiger partial charge >= 0.3 is 0 Å². The summed E-state index contributed by atoms with van der Waals surface area (Å²) in [5.74, 6) is -0.126. The molecule has 1 atom stereocenters. The zero-order valence-electron chi connectivity index (χ0n) is 22.7. The molecule has 216 valence electrons. The molecule has 40 heavy (non-hydrogen) atoms. The summed E-state index contributed by atoms with van der Waals surface area (Å²) in [6.07, 6.45) is 0.758. The normalized spacial score (nSPS) is 16.0. The Morgan fingerprint density at radius 1 is 1.18 bits per heavy atom. The van der Waals surface area contributed by atoms with E-state index >= 15 is 0 Å². The fraction of sp³-hybridized carbons (Fsp3) is 0.462. The van der Waals surface area contributed by atoms with Gasteiger partial charge in [-0.3, -0.25) is 10.1 Å². The van der Waals surface area contributed by atoms with E-state index in [1.54, 1.807) is 12.1 Å². The number of nitrogens with zero attached hydrogens (tertiary/aromatic N) is 4. The molecule has 0 spiro atoms. The van der Waals surface area contributed by atoms with Gasteiger partial charge < -0.3 is 23.9 Å². The molecule has 4 rings (SSSR count). The van der Waals surface area contributed by atoms with Crippen LogP contribution >= 0.6 is 11.3 Å². The maximum atomic E-state index is 13.4. The zero-order valence-corrected chi connectivity index (χ0v) is 24.3. The van der Waals surface area contributed by atoms with Crippen molar-refractivity contribution in [1.29, 1.82) is 0 Å². The number of carbonyl (C=O) groups is 1.